The summed E-state index contributed by atoms with van der Waals surface area (Å²) >= 11 is 0. The molecule has 10 heteroatoms. The van der Waals surface area contributed by atoms with Gasteiger partial charge < -0.3 is 23.9 Å². The second-order valence-electron chi connectivity index (χ2n) is 10.2. The molecule has 0 unspecified atom stereocenters. The summed E-state index contributed by atoms with van der Waals surface area (Å²) in [4.78, 5) is 53.5. The Bertz CT molecular complexity index is 1620. The number of benzene rings is 1. The van der Waals surface area contributed by atoms with Crippen LogP contribution < -0.4 is 10.2 Å². The van der Waals surface area contributed by atoms with Crippen LogP contribution in [0.25, 0.3) is 11.2 Å². The Morgan fingerprint density at radius 2 is 1.92 bits per heavy atom. The van der Waals surface area contributed by atoms with E-state index in [0.717, 1.165) is 24.1 Å². The molecule has 4 heterocycles. The van der Waals surface area contributed by atoms with Gasteiger partial charge in [-0.25, -0.2) is 14.8 Å². The molecule has 1 aliphatic carbocycles. The van der Waals surface area contributed by atoms with Crippen LogP contribution in [0.4, 0.5) is 0 Å². The van der Waals surface area contributed by atoms with Gasteiger partial charge in [0.1, 0.15) is 24.3 Å². The largest absolute Gasteiger partial charge is 0.483 e. The van der Waals surface area contributed by atoms with Crippen molar-refractivity contribution >= 4 is 23.0 Å². The van der Waals surface area contributed by atoms with E-state index in [2.05, 4.69) is 15.0 Å². The van der Waals surface area contributed by atoms with Gasteiger partial charge in [0.05, 0.1) is 17.6 Å². The number of carbonyl (C=O) groups is 2. The number of aromatic amines is 1. The van der Waals surface area contributed by atoms with Crippen LogP contribution in [0, 0.1) is 0 Å². The number of carbonyl (C=O) groups excluding carboxylic acids is 2. The number of H-pyrrole nitrogens is 1. The molecule has 1 fully saturated rings. The van der Waals surface area contributed by atoms with Crippen molar-refractivity contribution in [3.8, 4) is 5.75 Å². The lowest BCUT2D eigenvalue weighted by atomic mass is 10.1. The van der Waals surface area contributed by atoms with Crippen molar-refractivity contribution in [2.75, 3.05) is 6.54 Å². The van der Waals surface area contributed by atoms with E-state index in [1.165, 1.54) is 12.3 Å². The molecule has 39 heavy (non-hydrogen) atoms. The minimum atomic E-state index is -0.583. The summed E-state index contributed by atoms with van der Waals surface area (Å²) in [6.07, 6.45) is 5.42. The van der Waals surface area contributed by atoms with E-state index in [-0.39, 0.29) is 42.2 Å². The van der Waals surface area contributed by atoms with Crippen LogP contribution in [0.1, 0.15) is 70.4 Å². The van der Waals surface area contributed by atoms with E-state index in [0.29, 0.717) is 35.9 Å². The lowest BCUT2D eigenvalue weighted by Gasteiger charge is -2.34. The highest BCUT2D eigenvalue weighted by atomic mass is 16.5. The molecule has 0 saturated heterocycles. The standard InChI is InChI=1S/C29H29N5O5/c1-17(2)33-10-11-34-20(12-23(35)26(25(34)28(33)36)38-15-18-6-4-3-5-7-18)16-39-29(37)21-13-30-27-24(21)32-22(14-31-27)19-8-9-19/h3-7,12-14,17,19H,8-11,15-16H2,1-2H3,(H,30,31). The average Bonchev–Trinajstić information content (AvgIpc) is 3.70. The van der Waals surface area contributed by atoms with E-state index in [9.17, 15) is 14.4 Å². The molecule has 6 rings (SSSR count). The first kappa shape index (κ1) is 24.8. The molecule has 4 aromatic rings. The Morgan fingerprint density at radius 3 is 2.67 bits per heavy atom. The number of ether oxygens (including phenoxy) is 2. The molecule has 1 saturated carbocycles. The lowest BCUT2D eigenvalue weighted by Crippen LogP contribution is -2.46. The number of pyridine rings is 1. The smallest absolute Gasteiger partial charge is 0.342 e. The number of rotatable bonds is 8. The molecule has 2 aliphatic rings. The van der Waals surface area contributed by atoms with Crippen LogP contribution in [0.2, 0.25) is 0 Å². The second-order valence-corrected chi connectivity index (χ2v) is 10.2. The Morgan fingerprint density at radius 1 is 1.13 bits per heavy atom. The third-order valence-electron chi connectivity index (χ3n) is 7.20. The third kappa shape index (κ3) is 4.78. The van der Waals surface area contributed by atoms with E-state index in [4.69, 9.17) is 9.47 Å². The number of amides is 1. The number of fused-ring (bicyclic) bond motifs is 2. The van der Waals surface area contributed by atoms with Crippen LogP contribution in [0.15, 0.2) is 53.6 Å². The molecular weight excluding hydrogens is 498 g/mol. The molecule has 0 spiro atoms. The number of nitrogens with zero attached hydrogens (tertiary/aromatic N) is 4. The van der Waals surface area contributed by atoms with Crippen molar-refractivity contribution in [3.63, 3.8) is 0 Å². The van der Waals surface area contributed by atoms with Gasteiger partial charge in [-0.05, 0) is 32.3 Å². The number of nitrogens with one attached hydrogen (secondary N) is 1. The minimum Gasteiger partial charge on any atom is -0.483 e. The molecular formula is C29H29N5O5. The van der Waals surface area contributed by atoms with E-state index in [1.54, 1.807) is 15.7 Å². The number of hydrogen-bond donors (Lipinski definition) is 1. The summed E-state index contributed by atoms with van der Waals surface area (Å²) in [6, 6.07) is 10.8. The van der Waals surface area contributed by atoms with Crippen molar-refractivity contribution in [1.82, 2.24) is 24.4 Å². The third-order valence-corrected chi connectivity index (χ3v) is 7.20. The maximum Gasteiger partial charge on any atom is 0.342 e. The van der Waals surface area contributed by atoms with Gasteiger partial charge in [-0.1, -0.05) is 30.3 Å². The van der Waals surface area contributed by atoms with Crippen molar-refractivity contribution in [2.24, 2.45) is 0 Å². The predicted octanol–water partition coefficient (Wildman–Crippen LogP) is 3.80. The van der Waals surface area contributed by atoms with Gasteiger partial charge in [0.25, 0.3) is 5.91 Å². The van der Waals surface area contributed by atoms with Gasteiger partial charge in [0.2, 0.25) is 5.43 Å². The average molecular weight is 528 g/mol. The Kier molecular flexibility index (Phi) is 6.38. The summed E-state index contributed by atoms with van der Waals surface area (Å²) in [7, 11) is 0. The number of hydrogen-bond acceptors (Lipinski definition) is 7. The molecule has 0 radical (unpaired) electrons. The highest BCUT2D eigenvalue weighted by molar-refractivity contribution is 6.01. The zero-order valence-electron chi connectivity index (χ0n) is 21.8. The second kappa shape index (κ2) is 10.0. The summed E-state index contributed by atoms with van der Waals surface area (Å²) in [5.74, 6) is -0.474. The highest BCUT2D eigenvalue weighted by Crippen LogP contribution is 2.39. The molecule has 0 bridgehead atoms. The fourth-order valence-electron chi connectivity index (χ4n) is 4.93. The SMILES string of the molecule is CC(C)N1CCn2c(COC(=O)c3c[nH]c4ncc(C5CC5)nc34)cc(=O)c(OCc3ccccc3)c2C1=O. The molecule has 3 aromatic heterocycles. The zero-order valence-corrected chi connectivity index (χ0v) is 21.8. The monoisotopic (exact) mass is 527 g/mol. The molecule has 1 N–H and O–H groups in total. The highest BCUT2D eigenvalue weighted by Gasteiger charge is 2.33. The fourth-order valence-corrected chi connectivity index (χ4v) is 4.93. The normalized spacial score (nSPS) is 15.1. The van der Waals surface area contributed by atoms with Gasteiger partial charge in [-0.3, -0.25) is 9.59 Å². The first-order chi connectivity index (χ1) is 18.9. The number of esters is 1. The molecule has 10 nitrogen and oxygen atoms in total. The Hall–Kier alpha value is -4.47. The minimum absolute atomic E-state index is 0.00351. The van der Waals surface area contributed by atoms with Crippen LogP contribution in [0.3, 0.4) is 0 Å². The molecule has 0 atom stereocenters. The van der Waals surface area contributed by atoms with Gasteiger partial charge >= 0.3 is 5.97 Å². The van der Waals surface area contributed by atoms with Gasteiger partial charge in [0, 0.05) is 37.3 Å². The quantitative estimate of drug-likeness (QED) is 0.346. The summed E-state index contributed by atoms with van der Waals surface area (Å²) in [5.41, 5.74) is 3.18. The van der Waals surface area contributed by atoms with Crippen LogP contribution in [-0.4, -0.2) is 48.9 Å². The summed E-state index contributed by atoms with van der Waals surface area (Å²) in [6.45, 7) is 4.74. The molecule has 200 valence electrons. The van der Waals surface area contributed by atoms with Gasteiger partial charge in [-0.15, -0.1) is 0 Å². The van der Waals surface area contributed by atoms with Crippen molar-refractivity contribution in [3.05, 3.63) is 87.2 Å². The summed E-state index contributed by atoms with van der Waals surface area (Å²) < 4.78 is 13.3. The first-order valence-electron chi connectivity index (χ1n) is 13.2. The Labute approximate surface area is 224 Å². The van der Waals surface area contributed by atoms with Crippen molar-refractivity contribution in [1.29, 1.82) is 0 Å². The molecule has 1 aromatic carbocycles. The first-order valence-corrected chi connectivity index (χ1v) is 13.2. The number of aromatic nitrogens is 4. The lowest BCUT2D eigenvalue weighted by molar-refractivity contribution is 0.0459. The van der Waals surface area contributed by atoms with E-state index < -0.39 is 11.4 Å². The fraction of sp³-hybridized carbons (Fsp3) is 0.345. The maximum absolute atomic E-state index is 13.5. The maximum atomic E-state index is 13.5. The summed E-state index contributed by atoms with van der Waals surface area (Å²) in [5, 5.41) is 0. The van der Waals surface area contributed by atoms with E-state index >= 15 is 0 Å². The van der Waals surface area contributed by atoms with Crippen LogP contribution in [0.5, 0.6) is 5.75 Å². The van der Waals surface area contributed by atoms with Crippen molar-refractivity contribution < 1.29 is 19.1 Å². The van der Waals surface area contributed by atoms with Gasteiger partial charge in [0.15, 0.2) is 17.1 Å². The topological polar surface area (TPSA) is 119 Å². The molecule has 1 amide bonds. The Balaban J connectivity index is 1.29. The van der Waals surface area contributed by atoms with Crippen LogP contribution in [-0.2, 0) is 24.5 Å². The predicted molar refractivity (Wildman–Crippen MR) is 143 cm³/mol. The zero-order chi connectivity index (χ0) is 27.1. The van der Waals surface area contributed by atoms with Crippen LogP contribution >= 0.6 is 0 Å². The van der Waals surface area contributed by atoms with Crippen molar-refractivity contribution in [2.45, 2.75) is 58.4 Å². The van der Waals surface area contributed by atoms with E-state index in [1.807, 2.05) is 44.2 Å². The van der Waals surface area contributed by atoms with Gasteiger partial charge in [-0.2, -0.15) is 0 Å². The molecule has 1 aliphatic heterocycles.